The van der Waals surface area contributed by atoms with Gasteiger partial charge in [0, 0.05) is 24.2 Å². The molecule has 3 N–H and O–H groups in total. The van der Waals surface area contributed by atoms with E-state index in [2.05, 4.69) is 17.0 Å². The number of hydrogen-bond acceptors (Lipinski definition) is 5. The number of nitrogens with zero attached hydrogens (tertiary/aromatic N) is 3. The molecule has 1 aliphatic heterocycles. The maximum atomic E-state index is 11.4. The van der Waals surface area contributed by atoms with Crippen molar-refractivity contribution < 1.29 is 10.1 Å². The van der Waals surface area contributed by atoms with Crippen LogP contribution >= 0.6 is 0 Å². The lowest BCUT2D eigenvalue weighted by atomic mass is 10.1. The van der Waals surface area contributed by atoms with Gasteiger partial charge in [0.15, 0.2) is 5.84 Å². The quantitative estimate of drug-likeness (QED) is 0.293. The van der Waals surface area contributed by atoms with E-state index < -0.39 is 4.92 Å². The molecule has 1 atom stereocenters. The van der Waals surface area contributed by atoms with Crippen molar-refractivity contribution in [3.63, 3.8) is 0 Å². The number of nitrogens with two attached hydrogens (primary N) is 1. The maximum absolute atomic E-state index is 11.4. The van der Waals surface area contributed by atoms with Gasteiger partial charge in [-0.25, -0.2) is 0 Å². The van der Waals surface area contributed by atoms with Crippen LogP contribution in [0.2, 0.25) is 0 Å². The molecule has 1 heterocycles. The first-order chi connectivity index (χ1) is 10.0. The van der Waals surface area contributed by atoms with Crippen LogP contribution in [0.25, 0.3) is 0 Å². The number of oxime groups is 1. The highest BCUT2D eigenvalue weighted by Crippen LogP contribution is 2.33. The molecule has 0 bridgehead atoms. The number of nitro groups is 1. The van der Waals surface area contributed by atoms with E-state index in [9.17, 15) is 10.1 Å². The molecule has 7 nitrogen and oxygen atoms in total. The molecule has 2 rings (SSSR count). The van der Waals surface area contributed by atoms with E-state index in [1.54, 1.807) is 12.1 Å². The fraction of sp³-hybridized carbons (Fsp3) is 0.500. The average molecular weight is 292 g/mol. The average Bonchev–Trinajstić information content (AvgIpc) is 2.70. The molecule has 0 spiro atoms. The standard InChI is InChI=1S/C14H20N4O3/c1-10-5-3-2-4-8-17(10)12-7-6-11(14(15)16-19)9-13(12)18(20)21/h6-7,9-10,19H,2-5,8H2,1H3,(H2,15,16). The van der Waals surface area contributed by atoms with Crippen molar-refractivity contribution in [3.8, 4) is 0 Å². The van der Waals surface area contributed by atoms with E-state index in [0.717, 1.165) is 32.2 Å². The summed E-state index contributed by atoms with van der Waals surface area (Å²) in [6, 6.07) is 4.96. The van der Waals surface area contributed by atoms with Crippen LogP contribution in [0.3, 0.4) is 0 Å². The van der Waals surface area contributed by atoms with Gasteiger partial charge in [-0.15, -0.1) is 0 Å². The molecule has 0 aliphatic carbocycles. The largest absolute Gasteiger partial charge is 0.409 e. The van der Waals surface area contributed by atoms with Crippen molar-refractivity contribution in [1.82, 2.24) is 0 Å². The second-order valence-corrected chi connectivity index (χ2v) is 5.34. The SMILES string of the molecule is CC1CCCCCN1c1ccc(C(N)=NO)cc1[N+](=O)[O-]. The Morgan fingerprint density at radius 1 is 1.48 bits per heavy atom. The molecule has 1 unspecified atom stereocenters. The summed E-state index contributed by atoms with van der Waals surface area (Å²) in [7, 11) is 0. The molecule has 1 aromatic rings. The Morgan fingerprint density at radius 2 is 2.24 bits per heavy atom. The van der Waals surface area contributed by atoms with Crippen LogP contribution in [0.5, 0.6) is 0 Å². The third kappa shape index (κ3) is 3.24. The van der Waals surface area contributed by atoms with E-state index in [0.29, 0.717) is 11.3 Å². The van der Waals surface area contributed by atoms with Crippen LogP contribution < -0.4 is 10.6 Å². The number of benzene rings is 1. The van der Waals surface area contributed by atoms with Crippen LogP contribution in [0.1, 0.15) is 38.2 Å². The summed E-state index contributed by atoms with van der Waals surface area (Å²) >= 11 is 0. The Balaban J connectivity index is 2.44. The zero-order valence-corrected chi connectivity index (χ0v) is 12.0. The Bertz CT molecular complexity index is 559. The molecule has 1 saturated heterocycles. The third-order valence-electron chi connectivity index (χ3n) is 3.94. The summed E-state index contributed by atoms with van der Waals surface area (Å²) in [4.78, 5) is 13.0. The minimum atomic E-state index is -0.416. The van der Waals surface area contributed by atoms with Crippen molar-refractivity contribution >= 4 is 17.2 Å². The molecule has 0 radical (unpaired) electrons. The predicted molar refractivity (Wildman–Crippen MR) is 80.9 cm³/mol. The molecule has 0 saturated carbocycles. The van der Waals surface area contributed by atoms with Crippen molar-refractivity contribution in [1.29, 1.82) is 0 Å². The van der Waals surface area contributed by atoms with Gasteiger partial charge >= 0.3 is 0 Å². The Kier molecular flexibility index (Phi) is 4.62. The molecular formula is C14H20N4O3. The number of rotatable bonds is 3. The van der Waals surface area contributed by atoms with E-state index in [4.69, 9.17) is 10.9 Å². The van der Waals surface area contributed by atoms with Crippen LogP contribution in [-0.2, 0) is 0 Å². The minimum Gasteiger partial charge on any atom is -0.409 e. The van der Waals surface area contributed by atoms with Crippen LogP contribution in [-0.4, -0.2) is 28.6 Å². The second kappa shape index (κ2) is 6.43. The number of anilines is 1. The van der Waals surface area contributed by atoms with Crippen molar-refractivity contribution in [2.45, 2.75) is 38.6 Å². The molecule has 21 heavy (non-hydrogen) atoms. The van der Waals surface area contributed by atoms with Crippen LogP contribution in [0, 0.1) is 10.1 Å². The monoisotopic (exact) mass is 292 g/mol. The van der Waals surface area contributed by atoms with Gasteiger partial charge in [-0.3, -0.25) is 10.1 Å². The van der Waals surface area contributed by atoms with Gasteiger partial charge in [0.2, 0.25) is 0 Å². The van der Waals surface area contributed by atoms with Crippen LogP contribution in [0.4, 0.5) is 11.4 Å². The van der Waals surface area contributed by atoms with Gasteiger partial charge < -0.3 is 15.8 Å². The Morgan fingerprint density at radius 3 is 2.90 bits per heavy atom. The van der Waals surface area contributed by atoms with E-state index in [1.165, 1.54) is 6.07 Å². The van der Waals surface area contributed by atoms with Crippen molar-refractivity contribution in [2.75, 3.05) is 11.4 Å². The lowest BCUT2D eigenvalue weighted by Crippen LogP contribution is -2.33. The van der Waals surface area contributed by atoms with E-state index in [-0.39, 0.29) is 17.6 Å². The second-order valence-electron chi connectivity index (χ2n) is 5.34. The third-order valence-corrected chi connectivity index (χ3v) is 3.94. The molecule has 0 amide bonds. The fourth-order valence-corrected chi connectivity index (χ4v) is 2.76. The van der Waals surface area contributed by atoms with Gasteiger partial charge in [0.05, 0.1) is 4.92 Å². The molecule has 7 heteroatoms. The molecule has 1 aromatic carbocycles. The van der Waals surface area contributed by atoms with Gasteiger partial charge in [0.25, 0.3) is 5.69 Å². The maximum Gasteiger partial charge on any atom is 0.293 e. The molecular weight excluding hydrogens is 272 g/mol. The van der Waals surface area contributed by atoms with E-state index >= 15 is 0 Å². The van der Waals surface area contributed by atoms with Crippen molar-refractivity contribution in [2.24, 2.45) is 10.9 Å². The lowest BCUT2D eigenvalue weighted by Gasteiger charge is -2.29. The molecule has 1 fully saturated rings. The van der Waals surface area contributed by atoms with Gasteiger partial charge in [-0.1, -0.05) is 18.0 Å². The zero-order chi connectivity index (χ0) is 15.4. The Hall–Kier alpha value is -2.31. The molecule has 0 aromatic heterocycles. The number of nitro benzene ring substituents is 1. The topological polar surface area (TPSA) is 105 Å². The highest BCUT2D eigenvalue weighted by Gasteiger charge is 2.25. The molecule has 114 valence electrons. The summed E-state index contributed by atoms with van der Waals surface area (Å²) in [5.41, 5.74) is 6.45. The van der Waals surface area contributed by atoms with Gasteiger partial charge in [-0.05, 0) is 31.9 Å². The first-order valence-electron chi connectivity index (χ1n) is 7.07. The summed E-state index contributed by atoms with van der Waals surface area (Å²) in [6.07, 6.45) is 4.35. The highest BCUT2D eigenvalue weighted by molar-refractivity contribution is 5.98. The molecule has 1 aliphatic rings. The first kappa shape index (κ1) is 15.1. The van der Waals surface area contributed by atoms with Crippen LogP contribution in [0.15, 0.2) is 23.4 Å². The summed E-state index contributed by atoms with van der Waals surface area (Å²) < 4.78 is 0. The summed E-state index contributed by atoms with van der Waals surface area (Å²) in [5, 5.41) is 22.9. The summed E-state index contributed by atoms with van der Waals surface area (Å²) in [5.74, 6) is -0.131. The zero-order valence-electron chi connectivity index (χ0n) is 12.0. The smallest absolute Gasteiger partial charge is 0.293 e. The Labute approximate surface area is 123 Å². The highest BCUT2D eigenvalue weighted by atomic mass is 16.6. The van der Waals surface area contributed by atoms with Gasteiger partial charge in [0.1, 0.15) is 5.69 Å². The lowest BCUT2D eigenvalue weighted by molar-refractivity contribution is -0.384. The fourth-order valence-electron chi connectivity index (χ4n) is 2.76. The summed E-state index contributed by atoms with van der Waals surface area (Å²) in [6.45, 7) is 2.90. The number of hydrogen-bond donors (Lipinski definition) is 2. The predicted octanol–water partition coefficient (Wildman–Crippen LogP) is 2.46. The van der Waals surface area contributed by atoms with E-state index in [1.807, 2.05) is 0 Å². The first-order valence-corrected chi connectivity index (χ1v) is 7.07. The normalized spacial score (nSPS) is 20.1. The van der Waals surface area contributed by atoms with Crippen molar-refractivity contribution in [3.05, 3.63) is 33.9 Å². The van der Waals surface area contributed by atoms with Gasteiger partial charge in [-0.2, -0.15) is 0 Å². The number of amidine groups is 1. The minimum absolute atomic E-state index is 0.00662.